The fourth-order valence-electron chi connectivity index (χ4n) is 5.60. The van der Waals surface area contributed by atoms with Gasteiger partial charge in [0.25, 0.3) is 0 Å². The van der Waals surface area contributed by atoms with Gasteiger partial charge in [-0.05, 0) is 68.1 Å². The van der Waals surface area contributed by atoms with Crippen molar-refractivity contribution in [3.63, 3.8) is 0 Å². The average Bonchev–Trinajstić information content (AvgIpc) is 3.38. The zero-order valence-electron chi connectivity index (χ0n) is 18.0. The summed E-state index contributed by atoms with van der Waals surface area (Å²) in [5.74, 6) is -1.77. The second kappa shape index (κ2) is 7.64. The standard InChI is InChI=1S/C24H29NO5/c1-12(2)21(24(29)30-11-18(26)15-6-5-13(3)14(4)9-15)25-22(27)19-16-7-8-17(10-16)20(19)23(25)28/h5-6,9,12,16-17,19-21H,7-8,10-11H2,1-4H3/t16-,17+,19-,20+,21-/m0/s1. The molecule has 2 aliphatic carbocycles. The highest BCUT2D eigenvalue weighted by molar-refractivity contribution is 6.09. The normalized spacial score (nSPS) is 28.2. The number of esters is 1. The molecule has 0 N–H and O–H groups in total. The van der Waals surface area contributed by atoms with Crippen molar-refractivity contribution in [3.8, 4) is 0 Å². The Balaban J connectivity index is 1.47. The molecular formula is C24H29NO5. The van der Waals surface area contributed by atoms with Crippen molar-refractivity contribution in [2.75, 3.05) is 6.61 Å². The molecule has 3 aliphatic rings. The molecule has 6 nitrogen and oxygen atoms in total. The largest absolute Gasteiger partial charge is 0.456 e. The van der Waals surface area contributed by atoms with E-state index in [9.17, 15) is 19.2 Å². The van der Waals surface area contributed by atoms with Crippen LogP contribution in [0.3, 0.4) is 0 Å². The first-order valence-corrected chi connectivity index (χ1v) is 10.8. The van der Waals surface area contributed by atoms with Crippen molar-refractivity contribution >= 4 is 23.6 Å². The number of rotatable bonds is 6. The number of imide groups is 1. The van der Waals surface area contributed by atoms with Gasteiger partial charge in [-0.1, -0.05) is 26.0 Å². The van der Waals surface area contributed by atoms with Gasteiger partial charge in [0.1, 0.15) is 6.04 Å². The number of benzene rings is 1. The molecule has 0 radical (unpaired) electrons. The number of hydrogen-bond acceptors (Lipinski definition) is 5. The van der Waals surface area contributed by atoms with Crippen LogP contribution in [0.25, 0.3) is 0 Å². The van der Waals surface area contributed by atoms with Crippen LogP contribution in [0.1, 0.15) is 54.6 Å². The number of carbonyl (C=O) groups is 4. The zero-order valence-corrected chi connectivity index (χ0v) is 18.0. The third-order valence-corrected chi connectivity index (χ3v) is 7.29. The summed E-state index contributed by atoms with van der Waals surface area (Å²) in [6, 6.07) is 4.36. The van der Waals surface area contributed by atoms with Crippen molar-refractivity contribution in [1.82, 2.24) is 4.90 Å². The van der Waals surface area contributed by atoms with E-state index in [1.165, 1.54) is 0 Å². The number of ketones is 1. The number of likely N-dealkylation sites (tertiary alicyclic amines) is 1. The SMILES string of the molecule is Cc1ccc(C(=O)COC(=O)[C@H](C(C)C)N2C(=O)[C@@H]3[C@@H]4CC[C@@H](C4)[C@@H]3C2=O)cc1C. The summed E-state index contributed by atoms with van der Waals surface area (Å²) >= 11 is 0. The van der Waals surface area contributed by atoms with Crippen molar-refractivity contribution in [1.29, 1.82) is 0 Å². The van der Waals surface area contributed by atoms with E-state index in [4.69, 9.17) is 4.74 Å². The van der Waals surface area contributed by atoms with Crippen molar-refractivity contribution in [3.05, 3.63) is 34.9 Å². The Hall–Kier alpha value is -2.50. The molecule has 1 aromatic rings. The third kappa shape index (κ3) is 3.26. The number of aryl methyl sites for hydroxylation is 2. The molecule has 2 bridgehead atoms. The topological polar surface area (TPSA) is 80.8 Å². The van der Waals surface area contributed by atoms with E-state index < -0.39 is 18.6 Å². The predicted molar refractivity (Wildman–Crippen MR) is 109 cm³/mol. The number of nitrogens with zero attached hydrogens (tertiary/aromatic N) is 1. The van der Waals surface area contributed by atoms with Crippen LogP contribution in [0, 0.1) is 43.4 Å². The highest BCUT2D eigenvalue weighted by Gasteiger charge is 2.62. The summed E-state index contributed by atoms with van der Waals surface area (Å²) in [7, 11) is 0. The molecule has 160 valence electrons. The number of Topliss-reactive ketones (excluding diaryl/α,β-unsaturated/α-hetero) is 1. The van der Waals surface area contributed by atoms with Crippen LogP contribution < -0.4 is 0 Å². The van der Waals surface area contributed by atoms with Crippen LogP contribution in [0.5, 0.6) is 0 Å². The molecule has 4 rings (SSSR count). The first kappa shape index (κ1) is 20.8. The molecule has 0 spiro atoms. The molecule has 1 aliphatic heterocycles. The lowest BCUT2D eigenvalue weighted by Crippen LogP contribution is -2.50. The quantitative estimate of drug-likeness (QED) is 0.408. The minimum Gasteiger partial charge on any atom is -0.456 e. The summed E-state index contributed by atoms with van der Waals surface area (Å²) in [4.78, 5) is 52.7. The van der Waals surface area contributed by atoms with Gasteiger partial charge in [0.05, 0.1) is 11.8 Å². The zero-order chi connectivity index (χ0) is 21.7. The van der Waals surface area contributed by atoms with Gasteiger partial charge >= 0.3 is 5.97 Å². The minimum atomic E-state index is -0.984. The summed E-state index contributed by atoms with van der Waals surface area (Å²) in [5.41, 5.74) is 2.54. The highest BCUT2D eigenvalue weighted by Crippen LogP contribution is 2.56. The van der Waals surface area contributed by atoms with E-state index >= 15 is 0 Å². The molecule has 2 saturated carbocycles. The van der Waals surface area contributed by atoms with Gasteiger partial charge in [0.2, 0.25) is 11.8 Å². The molecule has 6 heteroatoms. The first-order valence-electron chi connectivity index (χ1n) is 10.8. The van der Waals surface area contributed by atoms with E-state index in [1.54, 1.807) is 26.0 Å². The summed E-state index contributed by atoms with van der Waals surface area (Å²) in [6.07, 6.45) is 2.92. The number of carbonyl (C=O) groups excluding carboxylic acids is 4. The first-order chi connectivity index (χ1) is 14.2. The maximum Gasteiger partial charge on any atom is 0.330 e. The molecule has 30 heavy (non-hydrogen) atoms. The summed E-state index contributed by atoms with van der Waals surface area (Å²) < 4.78 is 5.32. The molecule has 1 saturated heterocycles. The van der Waals surface area contributed by atoms with Crippen LogP contribution in [0.4, 0.5) is 0 Å². The fourth-order valence-corrected chi connectivity index (χ4v) is 5.60. The van der Waals surface area contributed by atoms with Crippen LogP contribution >= 0.6 is 0 Å². The second-order valence-corrected chi connectivity index (χ2v) is 9.45. The Kier molecular flexibility index (Phi) is 5.28. The molecule has 1 aromatic carbocycles. The molecule has 3 fully saturated rings. The molecular weight excluding hydrogens is 382 g/mol. The lowest BCUT2D eigenvalue weighted by atomic mass is 9.81. The van der Waals surface area contributed by atoms with Crippen LogP contribution in [-0.4, -0.2) is 41.1 Å². The Morgan fingerprint density at radius 2 is 1.63 bits per heavy atom. The summed E-state index contributed by atoms with van der Waals surface area (Å²) in [5, 5.41) is 0. The average molecular weight is 411 g/mol. The number of hydrogen-bond donors (Lipinski definition) is 0. The van der Waals surface area contributed by atoms with Crippen LogP contribution in [0.15, 0.2) is 18.2 Å². The van der Waals surface area contributed by atoms with Gasteiger partial charge in [-0.25, -0.2) is 4.79 Å². The van der Waals surface area contributed by atoms with Crippen molar-refractivity contribution in [2.45, 2.75) is 53.0 Å². The van der Waals surface area contributed by atoms with Gasteiger partial charge in [-0.2, -0.15) is 0 Å². The lowest BCUT2D eigenvalue weighted by Gasteiger charge is -2.28. The Bertz CT molecular complexity index is 892. The maximum atomic E-state index is 13.1. The molecule has 5 atom stereocenters. The Labute approximate surface area is 177 Å². The van der Waals surface area contributed by atoms with Gasteiger partial charge in [0.15, 0.2) is 12.4 Å². The molecule has 1 heterocycles. The summed E-state index contributed by atoms with van der Waals surface area (Å²) in [6.45, 7) is 7.06. The van der Waals surface area contributed by atoms with Gasteiger partial charge in [-0.3, -0.25) is 19.3 Å². The van der Waals surface area contributed by atoms with E-state index in [0.29, 0.717) is 5.56 Å². The number of amides is 2. The fraction of sp³-hybridized carbons (Fsp3) is 0.583. The number of ether oxygens (including phenoxy) is 1. The van der Waals surface area contributed by atoms with E-state index in [-0.39, 0.29) is 47.2 Å². The van der Waals surface area contributed by atoms with Crippen molar-refractivity contribution < 1.29 is 23.9 Å². The third-order valence-electron chi connectivity index (χ3n) is 7.29. The van der Waals surface area contributed by atoms with Crippen LogP contribution in [-0.2, 0) is 19.1 Å². The van der Waals surface area contributed by atoms with Gasteiger partial charge in [-0.15, -0.1) is 0 Å². The second-order valence-electron chi connectivity index (χ2n) is 9.45. The molecule has 0 aromatic heterocycles. The maximum absolute atomic E-state index is 13.1. The number of fused-ring (bicyclic) bond motifs is 5. The minimum absolute atomic E-state index is 0.228. The Morgan fingerprint density at radius 1 is 1.03 bits per heavy atom. The van der Waals surface area contributed by atoms with Gasteiger partial charge < -0.3 is 4.74 Å². The van der Waals surface area contributed by atoms with E-state index in [1.807, 2.05) is 19.9 Å². The highest BCUT2D eigenvalue weighted by atomic mass is 16.5. The monoisotopic (exact) mass is 411 g/mol. The molecule has 2 amide bonds. The predicted octanol–water partition coefficient (Wildman–Crippen LogP) is 3.09. The van der Waals surface area contributed by atoms with Crippen molar-refractivity contribution in [2.24, 2.45) is 29.6 Å². The van der Waals surface area contributed by atoms with E-state index in [0.717, 1.165) is 35.3 Å². The van der Waals surface area contributed by atoms with Gasteiger partial charge in [0, 0.05) is 5.56 Å². The van der Waals surface area contributed by atoms with Crippen LogP contribution in [0.2, 0.25) is 0 Å². The Morgan fingerprint density at radius 3 is 2.17 bits per heavy atom. The lowest BCUT2D eigenvalue weighted by molar-refractivity contribution is -0.160. The molecule has 0 unspecified atom stereocenters. The smallest absolute Gasteiger partial charge is 0.330 e. The van der Waals surface area contributed by atoms with E-state index in [2.05, 4.69) is 0 Å².